The SMILES string of the molecule is CCOc1cc(N)cc(Oc2ccc(CCOC)cc2)c1. The smallest absolute Gasteiger partial charge is 0.133 e. The van der Waals surface area contributed by atoms with E-state index < -0.39 is 0 Å². The average Bonchev–Trinajstić information content (AvgIpc) is 2.46. The third-order valence-electron chi connectivity index (χ3n) is 2.97. The van der Waals surface area contributed by atoms with Crippen molar-refractivity contribution in [3.05, 3.63) is 48.0 Å². The monoisotopic (exact) mass is 287 g/mol. The highest BCUT2D eigenvalue weighted by atomic mass is 16.5. The van der Waals surface area contributed by atoms with E-state index in [4.69, 9.17) is 19.9 Å². The Morgan fingerprint density at radius 3 is 2.33 bits per heavy atom. The highest BCUT2D eigenvalue weighted by Crippen LogP contribution is 2.28. The van der Waals surface area contributed by atoms with Gasteiger partial charge in [0.25, 0.3) is 0 Å². The quantitative estimate of drug-likeness (QED) is 0.790. The molecule has 0 amide bonds. The van der Waals surface area contributed by atoms with Gasteiger partial charge >= 0.3 is 0 Å². The van der Waals surface area contributed by atoms with Crippen molar-refractivity contribution >= 4 is 5.69 Å². The minimum absolute atomic E-state index is 0.594. The number of anilines is 1. The van der Waals surface area contributed by atoms with Crippen molar-refractivity contribution in [1.29, 1.82) is 0 Å². The maximum absolute atomic E-state index is 5.85. The number of nitrogen functional groups attached to an aromatic ring is 1. The molecule has 0 spiro atoms. The molecule has 0 aromatic heterocycles. The fourth-order valence-corrected chi connectivity index (χ4v) is 1.98. The number of hydrogen-bond acceptors (Lipinski definition) is 4. The van der Waals surface area contributed by atoms with Gasteiger partial charge in [0, 0.05) is 31.0 Å². The van der Waals surface area contributed by atoms with Crippen molar-refractivity contribution < 1.29 is 14.2 Å². The maximum atomic E-state index is 5.85. The summed E-state index contributed by atoms with van der Waals surface area (Å²) in [4.78, 5) is 0. The summed E-state index contributed by atoms with van der Waals surface area (Å²) in [6.07, 6.45) is 0.892. The molecule has 21 heavy (non-hydrogen) atoms. The second-order valence-electron chi connectivity index (χ2n) is 4.66. The van der Waals surface area contributed by atoms with Crippen LogP contribution in [-0.4, -0.2) is 20.3 Å². The Morgan fingerprint density at radius 2 is 1.67 bits per heavy atom. The first-order valence-corrected chi connectivity index (χ1v) is 7.00. The Morgan fingerprint density at radius 1 is 0.952 bits per heavy atom. The molecule has 0 radical (unpaired) electrons. The largest absolute Gasteiger partial charge is 0.494 e. The molecule has 0 aliphatic heterocycles. The molecular weight excluding hydrogens is 266 g/mol. The zero-order chi connectivity index (χ0) is 15.1. The lowest BCUT2D eigenvalue weighted by Crippen LogP contribution is -1.95. The van der Waals surface area contributed by atoms with Crippen molar-refractivity contribution in [2.24, 2.45) is 0 Å². The van der Waals surface area contributed by atoms with E-state index in [1.54, 1.807) is 19.2 Å². The van der Waals surface area contributed by atoms with Crippen LogP contribution in [0.25, 0.3) is 0 Å². The van der Waals surface area contributed by atoms with Crippen LogP contribution in [-0.2, 0) is 11.2 Å². The molecule has 0 heterocycles. The molecule has 4 heteroatoms. The second kappa shape index (κ2) is 7.55. The fourth-order valence-electron chi connectivity index (χ4n) is 1.98. The Bertz CT molecular complexity index is 567. The van der Waals surface area contributed by atoms with Gasteiger partial charge in [-0.1, -0.05) is 12.1 Å². The Labute approximate surface area is 125 Å². The summed E-state index contributed by atoms with van der Waals surface area (Å²) in [6.45, 7) is 3.24. The van der Waals surface area contributed by atoms with Crippen LogP contribution in [0.2, 0.25) is 0 Å². The fraction of sp³-hybridized carbons (Fsp3) is 0.294. The van der Waals surface area contributed by atoms with Crippen molar-refractivity contribution in [2.45, 2.75) is 13.3 Å². The minimum atomic E-state index is 0.594. The van der Waals surface area contributed by atoms with E-state index in [9.17, 15) is 0 Å². The summed E-state index contributed by atoms with van der Waals surface area (Å²) in [6, 6.07) is 13.3. The molecule has 0 saturated carbocycles. The zero-order valence-corrected chi connectivity index (χ0v) is 12.5. The van der Waals surface area contributed by atoms with E-state index in [-0.39, 0.29) is 0 Å². The normalized spacial score (nSPS) is 10.4. The lowest BCUT2D eigenvalue weighted by atomic mass is 10.1. The van der Waals surface area contributed by atoms with Crippen LogP contribution in [0.3, 0.4) is 0 Å². The van der Waals surface area contributed by atoms with Crippen LogP contribution in [0, 0.1) is 0 Å². The van der Waals surface area contributed by atoms with Gasteiger partial charge in [-0.05, 0) is 31.0 Å². The maximum Gasteiger partial charge on any atom is 0.133 e. The van der Waals surface area contributed by atoms with Crippen LogP contribution in [0.5, 0.6) is 17.2 Å². The van der Waals surface area contributed by atoms with Crippen LogP contribution in [0.1, 0.15) is 12.5 Å². The summed E-state index contributed by atoms with van der Waals surface area (Å²) in [5, 5.41) is 0. The summed E-state index contributed by atoms with van der Waals surface area (Å²) >= 11 is 0. The highest BCUT2D eigenvalue weighted by molar-refractivity contribution is 5.51. The molecular formula is C17H21NO3. The minimum Gasteiger partial charge on any atom is -0.494 e. The average molecular weight is 287 g/mol. The number of rotatable bonds is 7. The van der Waals surface area contributed by atoms with Gasteiger partial charge in [0.2, 0.25) is 0 Å². The highest BCUT2D eigenvalue weighted by Gasteiger charge is 2.03. The molecule has 2 rings (SSSR count). The summed E-state index contributed by atoms with van der Waals surface area (Å²) < 4.78 is 16.3. The van der Waals surface area contributed by atoms with Crippen molar-refractivity contribution in [3.8, 4) is 17.2 Å². The topological polar surface area (TPSA) is 53.7 Å². The third kappa shape index (κ3) is 4.68. The van der Waals surface area contributed by atoms with Crippen LogP contribution in [0.15, 0.2) is 42.5 Å². The van der Waals surface area contributed by atoms with Gasteiger partial charge in [-0.15, -0.1) is 0 Å². The number of methoxy groups -OCH3 is 1. The van der Waals surface area contributed by atoms with Crippen LogP contribution in [0.4, 0.5) is 5.69 Å². The molecule has 0 atom stereocenters. The van der Waals surface area contributed by atoms with Gasteiger partial charge < -0.3 is 19.9 Å². The van der Waals surface area contributed by atoms with E-state index in [1.807, 2.05) is 37.3 Å². The van der Waals surface area contributed by atoms with Gasteiger partial charge in [-0.25, -0.2) is 0 Å². The first kappa shape index (κ1) is 15.2. The second-order valence-corrected chi connectivity index (χ2v) is 4.66. The lowest BCUT2D eigenvalue weighted by Gasteiger charge is -2.10. The summed E-state index contributed by atoms with van der Waals surface area (Å²) in [5.41, 5.74) is 7.68. The van der Waals surface area contributed by atoms with E-state index in [0.29, 0.717) is 30.4 Å². The molecule has 0 fully saturated rings. The van der Waals surface area contributed by atoms with Gasteiger partial charge in [0.1, 0.15) is 17.2 Å². The molecule has 0 bridgehead atoms. The van der Waals surface area contributed by atoms with E-state index in [0.717, 1.165) is 12.2 Å². The van der Waals surface area contributed by atoms with Gasteiger partial charge in [0.05, 0.1) is 13.2 Å². The molecule has 0 aliphatic rings. The molecule has 0 unspecified atom stereocenters. The van der Waals surface area contributed by atoms with Crippen molar-refractivity contribution in [3.63, 3.8) is 0 Å². The standard InChI is InChI=1S/C17H21NO3/c1-3-20-16-10-14(18)11-17(12-16)21-15-6-4-13(5-7-15)8-9-19-2/h4-7,10-12H,3,8-9,18H2,1-2H3. The van der Waals surface area contributed by atoms with Crippen LogP contribution < -0.4 is 15.2 Å². The zero-order valence-electron chi connectivity index (χ0n) is 12.5. The number of nitrogens with two attached hydrogens (primary N) is 1. The summed E-state index contributed by atoms with van der Waals surface area (Å²) in [5.74, 6) is 2.15. The number of ether oxygens (including phenoxy) is 3. The van der Waals surface area contributed by atoms with Crippen molar-refractivity contribution in [2.75, 3.05) is 26.1 Å². The van der Waals surface area contributed by atoms with Gasteiger partial charge in [0.15, 0.2) is 0 Å². The predicted octanol–water partition coefficient (Wildman–Crippen LogP) is 3.65. The Balaban J connectivity index is 2.07. The number of benzene rings is 2. The first-order valence-electron chi connectivity index (χ1n) is 7.00. The molecule has 0 aliphatic carbocycles. The van der Waals surface area contributed by atoms with Gasteiger partial charge in [-0.2, -0.15) is 0 Å². The molecule has 0 saturated heterocycles. The molecule has 2 N–H and O–H groups in total. The Hall–Kier alpha value is -2.20. The lowest BCUT2D eigenvalue weighted by molar-refractivity contribution is 0.202. The molecule has 4 nitrogen and oxygen atoms in total. The van der Waals surface area contributed by atoms with Gasteiger partial charge in [-0.3, -0.25) is 0 Å². The third-order valence-corrected chi connectivity index (χ3v) is 2.97. The number of hydrogen-bond donors (Lipinski definition) is 1. The molecule has 2 aromatic rings. The predicted molar refractivity (Wildman–Crippen MR) is 84.1 cm³/mol. The van der Waals surface area contributed by atoms with Crippen LogP contribution >= 0.6 is 0 Å². The van der Waals surface area contributed by atoms with Crippen molar-refractivity contribution in [1.82, 2.24) is 0 Å². The van der Waals surface area contributed by atoms with E-state index in [1.165, 1.54) is 5.56 Å². The first-order chi connectivity index (χ1) is 10.2. The Kier molecular flexibility index (Phi) is 5.46. The summed E-state index contributed by atoms with van der Waals surface area (Å²) in [7, 11) is 1.70. The van der Waals surface area contributed by atoms with E-state index >= 15 is 0 Å². The molecule has 2 aromatic carbocycles. The molecule has 112 valence electrons. The van der Waals surface area contributed by atoms with E-state index in [2.05, 4.69) is 0 Å².